The fourth-order valence-corrected chi connectivity index (χ4v) is 3.88. The van der Waals surface area contributed by atoms with E-state index < -0.39 is 0 Å². The molecule has 5 rings (SSSR count). The Morgan fingerprint density at radius 2 is 2.00 bits per heavy atom. The van der Waals surface area contributed by atoms with E-state index in [1.54, 1.807) is 6.20 Å². The lowest BCUT2D eigenvalue weighted by molar-refractivity contribution is 0.343. The van der Waals surface area contributed by atoms with Crippen molar-refractivity contribution in [1.82, 2.24) is 30.0 Å². The number of fused-ring (bicyclic) bond motifs is 1. The SMILES string of the molecule is Cc1cccc2[nH]c(-c3cc(-c4cnn(C5CCNCC5)c4)cnc3N)nc12. The molecule has 7 heteroatoms. The van der Waals surface area contributed by atoms with Crippen molar-refractivity contribution in [2.75, 3.05) is 18.8 Å². The molecule has 4 N–H and O–H groups in total. The first-order chi connectivity index (χ1) is 13.7. The van der Waals surface area contributed by atoms with E-state index in [4.69, 9.17) is 10.7 Å². The predicted octanol–water partition coefficient (Wildman–Crippen LogP) is 3.30. The molecule has 1 saturated heterocycles. The predicted molar refractivity (Wildman–Crippen MR) is 111 cm³/mol. The van der Waals surface area contributed by atoms with Crippen molar-refractivity contribution in [2.45, 2.75) is 25.8 Å². The highest BCUT2D eigenvalue weighted by Crippen LogP contribution is 2.30. The lowest BCUT2D eigenvalue weighted by atomic mass is 10.1. The topological polar surface area (TPSA) is 97.4 Å². The molecule has 1 aliphatic rings. The van der Waals surface area contributed by atoms with Gasteiger partial charge in [-0.05, 0) is 50.6 Å². The van der Waals surface area contributed by atoms with Crippen LogP contribution in [0.4, 0.5) is 5.82 Å². The minimum atomic E-state index is 0.453. The summed E-state index contributed by atoms with van der Waals surface area (Å²) in [5.41, 5.74) is 12.1. The molecule has 0 bridgehead atoms. The number of piperidine rings is 1. The Hall–Kier alpha value is -3.19. The largest absolute Gasteiger partial charge is 0.383 e. The van der Waals surface area contributed by atoms with Gasteiger partial charge in [0, 0.05) is 23.5 Å². The summed E-state index contributed by atoms with van der Waals surface area (Å²) in [6, 6.07) is 8.59. The maximum absolute atomic E-state index is 6.18. The normalized spacial score (nSPS) is 15.3. The summed E-state index contributed by atoms with van der Waals surface area (Å²) in [6.07, 6.45) is 8.02. The molecule has 0 spiro atoms. The van der Waals surface area contributed by atoms with Gasteiger partial charge in [0.1, 0.15) is 11.6 Å². The van der Waals surface area contributed by atoms with Crippen LogP contribution in [0.25, 0.3) is 33.5 Å². The van der Waals surface area contributed by atoms with Crippen molar-refractivity contribution in [3.05, 3.63) is 48.4 Å². The summed E-state index contributed by atoms with van der Waals surface area (Å²) in [5, 5.41) is 7.99. The maximum atomic E-state index is 6.18. The lowest BCUT2D eigenvalue weighted by Gasteiger charge is -2.22. The summed E-state index contributed by atoms with van der Waals surface area (Å²) in [5.74, 6) is 1.20. The second-order valence-corrected chi connectivity index (χ2v) is 7.40. The van der Waals surface area contributed by atoms with E-state index in [1.807, 2.05) is 24.4 Å². The minimum absolute atomic E-state index is 0.453. The highest BCUT2D eigenvalue weighted by Gasteiger charge is 2.17. The molecular weight excluding hydrogens is 350 g/mol. The molecule has 3 aromatic heterocycles. The van der Waals surface area contributed by atoms with Gasteiger partial charge >= 0.3 is 0 Å². The van der Waals surface area contributed by atoms with Gasteiger partial charge in [-0.25, -0.2) is 9.97 Å². The van der Waals surface area contributed by atoms with Gasteiger partial charge in [-0.2, -0.15) is 5.10 Å². The van der Waals surface area contributed by atoms with Gasteiger partial charge < -0.3 is 16.0 Å². The average Bonchev–Trinajstić information content (AvgIpc) is 3.37. The number of nitrogens with zero attached hydrogens (tertiary/aromatic N) is 4. The third-order valence-electron chi connectivity index (χ3n) is 5.51. The molecule has 7 nitrogen and oxygen atoms in total. The highest BCUT2D eigenvalue weighted by molar-refractivity contribution is 5.85. The van der Waals surface area contributed by atoms with Gasteiger partial charge in [0.2, 0.25) is 0 Å². The number of nitrogen functional groups attached to an aromatic ring is 1. The molecular formula is C21H23N7. The first-order valence-electron chi connectivity index (χ1n) is 9.65. The molecule has 0 saturated carbocycles. The second-order valence-electron chi connectivity index (χ2n) is 7.40. The molecule has 142 valence electrons. The number of rotatable bonds is 3. The Balaban J connectivity index is 1.52. The van der Waals surface area contributed by atoms with Gasteiger partial charge in [-0.15, -0.1) is 0 Å². The lowest BCUT2D eigenvalue weighted by Crippen LogP contribution is -2.29. The van der Waals surface area contributed by atoms with Gasteiger partial charge in [0.25, 0.3) is 0 Å². The van der Waals surface area contributed by atoms with Gasteiger partial charge in [-0.1, -0.05) is 12.1 Å². The molecule has 28 heavy (non-hydrogen) atoms. The number of hydrogen-bond acceptors (Lipinski definition) is 5. The minimum Gasteiger partial charge on any atom is -0.383 e. The number of nitrogens with one attached hydrogen (secondary N) is 2. The van der Waals surface area contributed by atoms with E-state index in [-0.39, 0.29) is 0 Å². The van der Waals surface area contributed by atoms with Crippen LogP contribution in [0.2, 0.25) is 0 Å². The molecule has 0 radical (unpaired) electrons. The quantitative estimate of drug-likeness (QED) is 0.512. The number of aromatic nitrogens is 5. The summed E-state index contributed by atoms with van der Waals surface area (Å²) in [6.45, 7) is 4.14. The molecule has 0 amide bonds. The van der Waals surface area contributed by atoms with Crippen LogP contribution >= 0.6 is 0 Å². The van der Waals surface area contributed by atoms with Crippen LogP contribution in [-0.4, -0.2) is 37.8 Å². The Morgan fingerprint density at radius 1 is 1.14 bits per heavy atom. The fraction of sp³-hybridized carbons (Fsp3) is 0.286. The van der Waals surface area contributed by atoms with Crippen LogP contribution in [0.3, 0.4) is 0 Å². The summed E-state index contributed by atoms with van der Waals surface area (Å²) >= 11 is 0. The van der Waals surface area contributed by atoms with Crippen LogP contribution in [-0.2, 0) is 0 Å². The molecule has 1 aromatic carbocycles. The van der Waals surface area contributed by atoms with E-state index in [2.05, 4.69) is 44.3 Å². The number of para-hydroxylation sites is 1. The van der Waals surface area contributed by atoms with Crippen LogP contribution in [0.5, 0.6) is 0 Å². The zero-order chi connectivity index (χ0) is 19.1. The van der Waals surface area contributed by atoms with Crippen LogP contribution in [0, 0.1) is 6.92 Å². The number of hydrogen-bond donors (Lipinski definition) is 3. The van der Waals surface area contributed by atoms with Crippen molar-refractivity contribution in [2.24, 2.45) is 0 Å². The first-order valence-corrected chi connectivity index (χ1v) is 9.65. The van der Waals surface area contributed by atoms with E-state index in [0.717, 1.165) is 65.0 Å². The number of benzene rings is 1. The molecule has 1 fully saturated rings. The van der Waals surface area contributed by atoms with E-state index >= 15 is 0 Å². The van der Waals surface area contributed by atoms with Gasteiger partial charge in [-0.3, -0.25) is 4.68 Å². The Bertz CT molecular complexity index is 1130. The summed E-state index contributed by atoms with van der Waals surface area (Å²) in [7, 11) is 0. The highest BCUT2D eigenvalue weighted by atomic mass is 15.3. The number of pyridine rings is 1. The third-order valence-corrected chi connectivity index (χ3v) is 5.51. The van der Waals surface area contributed by atoms with Crippen molar-refractivity contribution in [1.29, 1.82) is 0 Å². The Labute approximate surface area is 163 Å². The van der Waals surface area contributed by atoms with Crippen LogP contribution in [0.1, 0.15) is 24.4 Å². The average molecular weight is 373 g/mol. The van der Waals surface area contributed by atoms with E-state index in [9.17, 15) is 0 Å². The van der Waals surface area contributed by atoms with Crippen molar-refractivity contribution < 1.29 is 0 Å². The van der Waals surface area contributed by atoms with Crippen LogP contribution in [0.15, 0.2) is 42.9 Å². The number of imidazole rings is 1. The Kier molecular flexibility index (Phi) is 4.09. The van der Waals surface area contributed by atoms with Crippen molar-refractivity contribution in [3.8, 4) is 22.5 Å². The van der Waals surface area contributed by atoms with Gasteiger partial charge in [0.05, 0.1) is 28.8 Å². The zero-order valence-corrected chi connectivity index (χ0v) is 15.8. The van der Waals surface area contributed by atoms with Gasteiger partial charge in [0.15, 0.2) is 0 Å². The van der Waals surface area contributed by atoms with E-state index in [0.29, 0.717) is 11.9 Å². The number of H-pyrrole nitrogens is 1. The number of aryl methyl sites for hydroxylation is 1. The number of anilines is 1. The molecule has 1 aliphatic heterocycles. The Morgan fingerprint density at radius 3 is 2.82 bits per heavy atom. The standard InChI is InChI=1S/C21H23N7/c1-13-3-2-4-18-19(13)27-21(26-18)17-9-14(10-24-20(17)22)15-11-25-28(12-15)16-5-7-23-8-6-16/h2-4,9-12,16,23H,5-8H2,1H3,(H2,22,24)(H,26,27). The zero-order valence-electron chi connectivity index (χ0n) is 15.8. The summed E-state index contributed by atoms with van der Waals surface area (Å²) in [4.78, 5) is 12.5. The molecule has 0 unspecified atom stereocenters. The number of aromatic amines is 1. The third kappa shape index (κ3) is 2.93. The fourth-order valence-electron chi connectivity index (χ4n) is 3.88. The monoisotopic (exact) mass is 373 g/mol. The molecule has 0 aliphatic carbocycles. The smallest absolute Gasteiger partial charge is 0.142 e. The first kappa shape index (κ1) is 16.9. The van der Waals surface area contributed by atoms with Crippen molar-refractivity contribution in [3.63, 3.8) is 0 Å². The molecule has 0 atom stereocenters. The van der Waals surface area contributed by atoms with E-state index in [1.165, 1.54) is 0 Å². The summed E-state index contributed by atoms with van der Waals surface area (Å²) < 4.78 is 2.08. The number of nitrogens with two attached hydrogens (primary N) is 1. The molecule has 4 heterocycles. The molecule has 4 aromatic rings. The maximum Gasteiger partial charge on any atom is 0.142 e. The van der Waals surface area contributed by atoms with Crippen molar-refractivity contribution >= 4 is 16.9 Å². The second kappa shape index (κ2) is 6.76. The van der Waals surface area contributed by atoms with Crippen LogP contribution < -0.4 is 11.1 Å².